The number of piperazine rings is 1. The van der Waals surface area contributed by atoms with E-state index in [4.69, 9.17) is 5.11 Å². The molecule has 1 aliphatic heterocycles. The lowest BCUT2D eigenvalue weighted by atomic mass is 9.94. The van der Waals surface area contributed by atoms with E-state index in [-0.39, 0.29) is 12.2 Å². The summed E-state index contributed by atoms with van der Waals surface area (Å²) in [5.74, 6) is -1.48. The van der Waals surface area contributed by atoms with Crippen LogP contribution >= 0.6 is 0 Å². The first-order valence-electron chi connectivity index (χ1n) is 6.91. The molecule has 1 heterocycles. The monoisotopic (exact) mass is 276 g/mol. The summed E-state index contributed by atoms with van der Waals surface area (Å²) in [6.07, 6.45) is -0.113. The molecule has 0 aromatic heterocycles. The zero-order valence-electron chi connectivity index (χ0n) is 11.4. The van der Waals surface area contributed by atoms with Gasteiger partial charge in [-0.25, -0.2) is 0 Å². The molecule has 0 spiro atoms. The first kappa shape index (κ1) is 14.7. The van der Waals surface area contributed by atoms with Crippen LogP contribution in [0.4, 0.5) is 0 Å². The Bertz CT molecular complexity index is 455. The predicted octanol–water partition coefficient (Wildman–Crippen LogP) is 0.865. The Balaban J connectivity index is 2.06. The summed E-state index contributed by atoms with van der Waals surface area (Å²) < 4.78 is 0. The van der Waals surface area contributed by atoms with Gasteiger partial charge in [-0.2, -0.15) is 0 Å². The summed E-state index contributed by atoms with van der Waals surface area (Å²) >= 11 is 0. The maximum atomic E-state index is 12.4. The van der Waals surface area contributed by atoms with Crippen LogP contribution < -0.4 is 5.32 Å². The Hall–Kier alpha value is -1.72. The van der Waals surface area contributed by atoms with Crippen LogP contribution in [0.3, 0.4) is 0 Å². The molecule has 0 amide bonds. The molecule has 1 aromatic rings. The zero-order valence-corrected chi connectivity index (χ0v) is 11.4. The second-order valence-electron chi connectivity index (χ2n) is 5.08. The van der Waals surface area contributed by atoms with Crippen molar-refractivity contribution < 1.29 is 14.7 Å². The number of Topliss-reactive ketones (excluding diaryl/α,β-unsaturated/α-hetero) is 1. The van der Waals surface area contributed by atoms with Crippen molar-refractivity contribution in [3.8, 4) is 0 Å². The number of nitrogens with zero attached hydrogens (tertiary/aromatic N) is 1. The lowest BCUT2D eigenvalue weighted by Crippen LogP contribution is -2.46. The minimum Gasteiger partial charge on any atom is -0.481 e. The molecule has 1 aromatic carbocycles. The molecule has 0 saturated carbocycles. The number of ketones is 1. The van der Waals surface area contributed by atoms with E-state index in [2.05, 4.69) is 10.2 Å². The Morgan fingerprint density at radius 3 is 2.45 bits per heavy atom. The molecule has 1 aliphatic rings. The van der Waals surface area contributed by atoms with E-state index in [1.807, 2.05) is 6.07 Å². The topological polar surface area (TPSA) is 69.6 Å². The predicted molar refractivity (Wildman–Crippen MR) is 75.8 cm³/mol. The first-order valence-corrected chi connectivity index (χ1v) is 6.91. The molecule has 20 heavy (non-hydrogen) atoms. The van der Waals surface area contributed by atoms with Gasteiger partial charge in [0.2, 0.25) is 0 Å². The van der Waals surface area contributed by atoms with Crippen LogP contribution in [-0.2, 0) is 4.79 Å². The van der Waals surface area contributed by atoms with Gasteiger partial charge in [-0.1, -0.05) is 30.3 Å². The first-order chi connectivity index (χ1) is 9.66. The summed E-state index contributed by atoms with van der Waals surface area (Å²) in [5.41, 5.74) is 0.592. The fourth-order valence-corrected chi connectivity index (χ4v) is 2.49. The van der Waals surface area contributed by atoms with Crippen molar-refractivity contribution in [1.82, 2.24) is 10.2 Å². The van der Waals surface area contributed by atoms with Gasteiger partial charge in [0.05, 0.1) is 6.42 Å². The summed E-state index contributed by atoms with van der Waals surface area (Å²) in [6.45, 7) is 4.01. The van der Waals surface area contributed by atoms with Crippen molar-refractivity contribution in [2.45, 2.75) is 6.42 Å². The van der Waals surface area contributed by atoms with E-state index in [1.165, 1.54) is 0 Å². The molecule has 2 rings (SSSR count). The van der Waals surface area contributed by atoms with Gasteiger partial charge in [0.15, 0.2) is 5.78 Å². The third-order valence-corrected chi connectivity index (χ3v) is 3.54. The van der Waals surface area contributed by atoms with E-state index < -0.39 is 11.9 Å². The van der Waals surface area contributed by atoms with Crippen LogP contribution in [0.2, 0.25) is 0 Å². The normalized spacial score (nSPS) is 17.6. The van der Waals surface area contributed by atoms with E-state index >= 15 is 0 Å². The number of carboxylic acids is 1. The van der Waals surface area contributed by atoms with Gasteiger partial charge in [-0.3, -0.25) is 9.59 Å². The molecule has 0 aliphatic carbocycles. The molecule has 1 unspecified atom stereocenters. The number of hydrogen-bond acceptors (Lipinski definition) is 4. The van der Waals surface area contributed by atoms with Gasteiger partial charge < -0.3 is 15.3 Å². The highest BCUT2D eigenvalue weighted by atomic mass is 16.4. The van der Waals surface area contributed by atoms with Gasteiger partial charge in [0.25, 0.3) is 0 Å². The van der Waals surface area contributed by atoms with Crippen molar-refractivity contribution in [1.29, 1.82) is 0 Å². The third kappa shape index (κ3) is 4.15. The van der Waals surface area contributed by atoms with E-state index in [1.54, 1.807) is 24.3 Å². The number of hydrogen-bond donors (Lipinski definition) is 2. The van der Waals surface area contributed by atoms with Crippen molar-refractivity contribution >= 4 is 11.8 Å². The van der Waals surface area contributed by atoms with Gasteiger partial charge in [0, 0.05) is 44.2 Å². The number of aliphatic carboxylic acids is 1. The highest BCUT2D eigenvalue weighted by Gasteiger charge is 2.25. The fraction of sp³-hybridized carbons (Fsp3) is 0.467. The molecule has 0 radical (unpaired) electrons. The standard InChI is InChI=1S/C15H20N2O3/c18-14(19)10-13(11-17-8-6-16-7-9-17)15(20)12-4-2-1-3-5-12/h1-5,13,16H,6-11H2,(H,18,19). The van der Waals surface area contributed by atoms with Crippen LogP contribution in [0.1, 0.15) is 16.8 Å². The lowest BCUT2D eigenvalue weighted by Gasteiger charge is -2.30. The minimum absolute atomic E-state index is 0.0773. The minimum atomic E-state index is -0.922. The Morgan fingerprint density at radius 1 is 1.20 bits per heavy atom. The molecule has 1 atom stereocenters. The smallest absolute Gasteiger partial charge is 0.304 e. The second kappa shape index (κ2) is 7.17. The van der Waals surface area contributed by atoms with Gasteiger partial charge in [-0.05, 0) is 0 Å². The SMILES string of the molecule is O=C(O)CC(CN1CCNCC1)C(=O)c1ccccc1. The van der Waals surface area contributed by atoms with Crippen molar-refractivity contribution in [2.75, 3.05) is 32.7 Å². The number of carbonyl (C=O) groups is 2. The summed E-state index contributed by atoms with van der Waals surface area (Å²) in [7, 11) is 0. The number of carboxylic acid groups (broad SMARTS) is 1. The van der Waals surface area contributed by atoms with Crippen LogP contribution in [0, 0.1) is 5.92 Å². The Morgan fingerprint density at radius 2 is 1.85 bits per heavy atom. The van der Waals surface area contributed by atoms with Crippen molar-refractivity contribution in [3.05, 3.63) is 35.9 Å². The summed E-state index contributed by atoms with van der Waals surface area (Å²) in [6, 6.07) is 8.94. The van der Waals surface area contributed by atoms with E-state index in [0.29, 0.717) is 12.1 Å². The lowest BCUT2D eigenvalue weighted by molar-refractivity contribution is -0.137. The molecule has 5 nitrogen and oxygen atoms in total. The number of carbonyl (C=O) groups excluding carboxylic acids is 1. The maximum Gasteiger partial charge on any atom is 0.304 e. The largest absolute Gasteiger partial charge is 0.481 e. The fourth-order valence-electron chi connectivity index (χ4n) is 2.49. The van der Waals surface area contributed by atoms with Crippen molar-refractivity contribution in [2.24, 2.45) is 5.92 Å². The quantitative estimate of drug-likeness (QED) is 0.754. The van der Waals surface area contributed by atoms with E-state index in [9.17, 15) is 9.59 Å². The van der Waals surface area contributed by atoms with Gasteiger partial charge in [0.1, 0.15) is 0 Å². The van der Waals surface area contributed by atoms with E-state index in [0.717, 1.165) is 26.2 Å². The average molecular weight is 276 g/mol. The van der Waals surface area contributed by atoms with Crippen LogP contribution in [0.5, 0.6) is 0 Å². The molecule has 5 heteroatoms. The Kier molecular flexibility index (Phi) is 5.26. The molecular formula is C15H20N2O3. The Labute approximate surface area is 118 Å². The molecule has 0 bridgehead atoms. The number of benzene rings is 1. The average Bonchev–Trinajstić information content (AvgIpc) is 2.47. The van der Waals surface area contributed by atoms with Gasteiger partial charge >= 0.3 is 5.97 Å². The summed E-state index contributed by atoms with van der Waals surface area (Å²) in [5, 5.41) is 12.3. The highest BCUT2D eigenvalue weighted by Crippen LogP contribution is 2.15. The van der Waals surface area contributed by atoms with Crippen LogP contribution in [0.25, 0.3) is 0 Å². The molecule has 2 N–H and O–H groups in total. The number of nitrogens with one attached hydrogen (secondary N) is 1. The zero-order chi connectivity index (χ0) is 14.4. The highest BCUT2D eigenvalue weighted by molar-refractivity contribution is 5.99. The van der Waals surface area contributed by atoms with Crippen LogP contribution in [-0.4, -0.2) is 54.5 Å². The second-order valence-corrected chi connectivity index (χ2v) is 5.08. The summed E-state index contributed by atoms with van der Waals surface area (Å²) in [4.78, 5) is 25.6. The third-order valence-electron chi connectivity index (χ3n) is 3.54. The number of rotatable bonds is 6. The molecule has 1 saturated heterocycles. The molecule has 1 fully saturated rings. The van der Waals surface area contributed by atoms with Crippen LogP contribution in [0.15, 0.2) is 30.3 Å². The molecule has 108 valence electrons. The van der Waals surface area contributed by atoms with Gasteiger partial charge in [-0.15, -0.1) is 0 Å². The maximum absolute atomic E-state index is 12.4. The van der Waals surface area contributed by atoms with Crippen molar-refractivity contribution in [3.63, 3.8) is 0 Å². The molecular weight excluding hydrogens is 256 g/mol.